The SMILES string of the molecule is Cc1ccc(Cl)cc1NC(=O)C(=O)NCc1cccnc1. The number of nitrogens with one attached hydrogen (secondary N) is 2. The number of amides is 2. The molecule has 2 amide bonds. The normalized spacial score (nSPS) is 10.0. The quantitative estimate of drug-likeness (QED) is 0.855. The Labute approximate surface area is 127 Å². The zero-order chi connectivity index (χ0) is 15.2. The Morgan fingerprint density at radius 1 is 1.24 bits per heavy atom. The van der Waals surface area contributed by atoms with E-state index in [-0.39, 0.29) is 6.54 Å². The highest BCUT2D eigenvalue weighted by Gasteiger charge is 2.14. The van der Waals surface area contributed by atoms with Gasteiger partial charge in [-0.3, -0.25) is 14.6 Å². The highest BCUT2D eigenvalue weighted by atomic mass is 35.5. The molecular formula is C15H14ClN3O2. The Hall–Kier alpha value is -2.40. The predicted octanol–water partition coefficient (Wildman–Crippen LogP) is 2.30. The lowest BCUT2D eigenvalue weighted by atomic mass is 10.2. The molecule has 0 saturated heterocycles. The minimum absolute atomic E-state index is 0.245. The lowest BCUT2D eigenvalue weighted by molar-refractivity contribution is -0.136. The molecular weight excluding hydrogens is 290 g/mol. The van der Waals surface area contributed by atoms with Gasteiger partial charge in [-0.2, -0.15) is 0 Å². The summed E-state index contributed by atoms with van der Waals surface area (Å²) in [5.41, 5.74) is 2.16. The van der Waals surface area contributed by atoms with Crippen molar-refractivity contribution in [3.05, 3.63) is 58.9 Å². The summed E-state index contributed by atoms with van der Waals surface area (Å²) in [5.74, 6) is -1.44. The molecule has 21 heavy (non-hydrogen) atoms. The van der Waals surface area contributed by atoms with Gasteiger partial charge in [-0.15, -0.1) is 0 Å². The summed E-state index contributed by atoms with van der Waals surface area (Å²) in [4.78, 5) is 27.5. The number of halogens is 1. The van der Waals surface area contributed by atoms with Crippen LogP contribution in [0.3, 0.4) is 0 Å². The van der Waals surface area contributed by atoms with E-state index in [0.29, 0.717) is 10.7 Å². The number of aromatic nitrogens is 1. The number of nitrogens with zero attached hydrogens (tertiary/aromatic N) is 1. The summed E-state index contributed by atoms with van der Waals surface area (Å²) in [7, 11) is 0. The molecule has 0 spiro atoms. The number of benzene rings is 1. The Morgan fingerprint density at radius 3 is 2.76 bits per heavy atom. The lowest BCUT2D eigenvalue weighted by Crippen LogP contribution is -2.35. The van der Waals surface area contributed by atoms with E-state index in [4.69, 9.17) is 11.6 Å². The average molecular weight is 304 g/mol. The lowest BCUT2D eigenvalue weighted by Gasteiger charge is -2.09. The summed E-state index contributed by atoms with van der Waals surface area (Å²) < 4.78 is 0. The van der Waals surface area contributed by atoms with E-state index >= 15 is 0 Å². The highest BCUT2D eigenvalue weighted by molar-refractivity contribution is 6.40. The second kappa shape index (κ2) is 6.85. The van der Waals surface area contributed by atoms with Crippen LogP contribution in [0.5, 0.6) is 0 Å². The van der Waals surface area contributed by atoms with Crippen LogP contribution in [0, 0.1) is 6.92 Å². The van der Waals surface area contributed by atoms with Gasteiger partial charge < -0.3 is 10.6 Å². The Bertz CT molecular complexity index is 659. The van der Waals surface area contributed by atoms with E-state index in [2.05, 4.69) is 15.6 Å². The van der Waals surface area contributed by atoms with Gasteiger partial charge in [0.15, 0.2) is 0 Å². The summed E-state index contributed by atoms with van der Waals surface area (Å²) in [6.45, 7) is 2.06. The third-order valence-electron chi connectivity index (χ3n) is 2.83. The van der Waals surface area contributed by atoms with Crippen molar-refractivity contribution >= 4 is 29.1 Å². The molecule has 0 aliphatic rings. The van der Waals surface area contributed by atoms with E-state index in [1.807, 2.05) is 13.0 Å². The summed E-state index contributed by atoms with van der Waals surface area (Å²) in [6, 6.07) is 8.66. The molecule has 0 bridgehead atoms. The number of carbonyl (C=O) groups is 2. The molecule has 1 aromatic heterocycles. The third-order valence-corrected chi connectivity index (χ3v) is 3.07. The Morgan fingerprint density at radius 2 is 2.05 bits per heavy atom. The highest BCUT2D eigenvalue weighted by Crippen LogP contribution is 2.19. The number of hydrogen-bond acceptors (Lipinski definition) is 3. The van der Waals surface area contributed by atoms with Crippen LogP contribution in [0.15, 0.2) is 42.7 Å². The molecule has 0 unspecified atom stereocenters. The minimum Gasteiger partial charge on any atom is -0.344 e. The van der Waals surface area contributed by atoms with E-state index in [9.17, 15) is 9.59 Å². The number of hydrogen-bond donors (Lipinski definition) is 2. The summed E-state index contributed by atoms with van der Waals surface area (Å²) in [5, 5.41) is 5.56. The van der Waals surface area contributed by atoms with Crippen molar-refractivity contribution < 1.29 is 9.59 Å². The van der Waals surface area contributed by atoms with Gasteiger partial charge in [-0.25, -0.2) is 0 Å². The van der Waals surface area contributed by atoms with Crippen molar-refractivity contribution in [2.24, 2.45) is 0 Å². The van der Waals surface area contributed by atoms with Crippen LogP contribution in [-0.4, -0.2) is 16.8 Å². The zero-order valence-corrected chi connectivity index (χ0v) is 12.1. The van der Waals surface area contributed by atoms with Crippen LogP contribution in [0.4, 0.5) is 5.69 Å². The molecule has 1 aromatic carbocycles. The fourth-order valence-electron chi connectivity index (χ4n) is 1.67. The van der Waals surface area contributed by atoms with E-state index in [1.165, 1.54) is 0 Å². The molecule has 0 fully saturated rings. The standard InChI is InChI=1S/C15H14ClN3O2/c1-10-4-5-12(16)7-13(10)19-15(21)14(20)18-9-11-3-2-6-17-8-11/h2-8H,9H2,1H3,(H,18,20)(H,19,21). The van der Waals surface area contributed by atoms with Crippen molar-refractivity contribution in [1.29, 1.82) is 0 Å². The Kier molecular flexibility index (Phi) is 4.90. The first-order valence-corrected chi connectivity index (χ1v) is 6.68. The average Bonchev–Trinajstić information content (AvgIpc) is 2.49. The van der Waals surface area contributed by atoms with Gasteiger partial charge in [-0.05, 0) is 36.2 Å². The number of pyridine rings is 1. The largest absolute Gasteiger partial charge is 0.344 e. The molecule has 6 heteroatoms. The van der Waals surface area contributed by atoms with Crippen LogP contribution in [0.25, 0.3) is 0 Å². The zero-order valence-electron chi connectivity index (χ0n) is 11.4. The van der Waals surface area contributed by atoms with Crippen molar-refractivity contribution in [3.63, 3.8) is 0 Å². The molecule has 0 radical (unpaired) electrons. The number of carbonyl (C=O) groups excluding carboxylic acids is 2. The van der Waals surface area contributed by atoms with Gasteiger partial charge in [0.25, 0.3) is 0 Å². The molecule has 0 aliphatic carbocycles. The fraction of sp³-hybridized carbons (Fsp3) is 0.133. The second-order valence-electron chi connectivity index (χ2n) is 4.46. The summed E-state index contributed by atoms with van der Waals surface area (Å²) >= 11 is 5.86. The van der Waals surface area contributed by atoms with Crippen LogP contribution in [-0.2, 0) is 16.1 Å². The van der Waals surface area contributed by atoms with Crippen molar-refractivity contribution in [2.45, 2.75) is 13.5 Å². The first kappa shape index (κ1) is 15.0. The molecule has 108 valence electrons. The molecule has 0 saturated carbocycles. The van der Waals surface area contributed by atoms with Crippen molar-refractivity contribution in [3.8, 4) is 0 Å². The molecule has 2 N–H and O–H groups in total. The maximum atomic E-state index is 11.8. The maximum Gasteiger partial charge on any atom is 0.313 e. The molecule has 2 rings (SSSR count). The predicted molar refractivity (Wildman–Crippen MR) is 80.9 cm³/mol. The van der Waals surface area contributed by atoms with E-state index in [1.54, 1.807) is 36.7 Å². The van der Waals surface area contributed by atoms with Crippen molar-refractivity contribution in [2.75, 3.05) is 5.32 Å². The minimum atomic E-state index is -0.732. The van der Waals surface area contributed by atoms with Gasteiger partial charge in [0.2, 0.25) is 0 Å². The van der Waals surface area contributed by atoms with Gasteiger partial charge in [0.1, 0.15) is 0 Å². The first-order valence-electron chi connectivity index (χ1n) is 6.30. The van der Waals surface area contributed by atoms with Crippen molar-refractivity contribution in [1.82, 2.24) is 10.3 Å². The smallest absolute Gasteiger partial charge is 0.313 e. The monoisotopic (exact) mass is 303 g/mol. The number of aryl methyl sites for hydroxylation is 1. The summed E-state index contributed by atoms with van der Waals surface area (Å²) in [6.07, 6.45) is 3.26. The van der Waals surface area contributed by atoms with Gasteiger partial charge in [-0.1, -0.05) is 23.7 Å². The van der Waals surface area contributed by atoms with Gasteiger partial charge in [0, 0.05) is 29.6 Å². The van der Waals surface area contributed by atoms with Crippen LogP contribution >= 0.6 is 11.6 Å². The molecule has 0 atom stereocenters. The van der Waals surface area contributed by atoms with Crippen LogP contribution in [0.1, 0.15) is 11.1 Å². The topological polar surface area (TPSA) is 71.1 Å². The number of anilines is 1. The van der Waals surface area contributed by atoms with Gasteiger partial charge in [0.05, 0.1) is 0 Å². The van der Waals surface area contributed by atoms with E-state index < -0.39 is 11.8 Å². The molecule has 5 nitrogen and oxygen atoms in total. The molecule has 1 heterocycles. The maximum absolute atomic E-state index is 11.8. The molecule has 0 aliphatic heterocycles. The fourth-order valence-corrected chi connectivity index (χ4v) is 1.85. The van der Waals surface area contributed by atoms with E-state index in [0.717, 1.165) is 11.1 Å². The van der Waals surface area contributed by atoms with Crippen LogP contribution < -0.4 is 10.6 Å². The Balaban J connectivity index is 1.94. The van der Waals surface area contributed by atoms with Crippen LogP contribution in [0.2, 0.25) is 5.02 Å². The molecule has 2 aromatic rings. The second-order valence-corrected chi connectivity index (χ2v) is 4.89. The number of rotatable bonds is 3. The first-order chi connectivity index (χ1) is 10.1. The van der Waals surface area contributed by atoms with Gasteiger partial charge >= 0.3 is 11.8 Å². The third kappa shape index (κ3) is 4.29.